The van der Waals surface area contributed by atoms with Gasteiger partial charge in [0.2, 0.25) is 11.8 Å². The van der Waals surface area contributed by atoms with Crippen molar-refractivity contribution in [3.8, 4) is 11.5 Å². The number of fused-ring (bicyclic) bond motifs is 1. The van der Waals surface area contributed by atoms with Crippen LogP contribution >= 0.6 is 0 Å². The molecule has 0 radical (unpaired) electrons. The Morgan fingerprint density at radius 3 is 2.21 bits per heavy atom. The maximum Gasteiger partial charge on any atom is 0.247 e. The van der Waals surface area contributed by atoms with Crippen molar-refractivity contribution in [2.24, 2.45) is 5.92 Å². The summed E-state index contributed by atoms with van der Waals surface area (Å²) in [6, 6.07) is 21.3. The van der Waals surface area contributed by atoms with E-state index in [1.54, 1.807) is 35.9 Å². The van der Waals surface area contributed by atoms with Crippen LogP contribution in [0, 0.1) is 5.92 Å². The molecule has 204 valence electrons. The molecule has 1 atom stereocenters. The highest BCUT2D eigenvalue weighted by molar-refractivity contribution is 5.89. The first kappa shape index (κ1) is 27.6. The topological polar surface area (TPSA) is 98.6 Å². The molecular formula is C30H35N5O4. The van der Waals surface area contributed by atoms with Crippen LogP contribution in [0.15, 0.2) is 72.8 Å². The van der Waals surface area contributed by atoms with Crippen LogP contribution in [-0.2, 0) is 22.7 Å². The monoisotopic (exact) mass is 529 g/mol. The fourth-order valence-electron chi connectivity index (χ4n) is 4.34. The number of nitrogens with one attached hydrogen (secondary N) is 1. The zero-order valence-corrected chi connectivity index (χ0v) is 22.8. The van der Waals surface area contributed by atoms with Gasteiger partial charge in [0.25, 0.3) is 0 Å². The minimum absolute atomic E-state index is 0.0669. The zero-order chi connectivity index (χ0) is 27.8. The number of carbonyl (C=O) groups is 2. The number of amides is 2. The van der Waals surface area contributed by atoms with Gasteiger partial charge in [-0.3, -0.25) is 9.59 Å². The standard InChI is InChI=1S/C30H35N5O4/c1-21(2)17-18-31-30(37)29(23-11-15-25(39-4)16-12-23)34(19-22-9-13-24(38-3)14-10-22)28(36)20-35-27-8-6-5-7-26(27)32-33-35/h5-16,21,29H,17-20H2,1-4H3,(H,31,37)/t29-/m1/s1. The van der Waals surface area contributed by atoms with Gasteiger partial charge in [-0.1, -0.05) is 55.5 Å². The fraction of sp³-hybridized carbons (Fsp3) is 0.333. The average Bonchev–Trinajstić information content (AvgIpc) is 3.35. The number of hydrogen-bond acceptors (Lipinski definition) is 6. The quantitative estimate of drug-likeness (QED) is 0.292. The van der Waals surface area contributed by atoms with Gasteiger partial charge in [-0.2, -0.15) is 0 Å². The van der Waals surface area contributed by atoms with Gasteiger partial charge in [-0.05, 0) is 59.9 Å². The lowest BCUT2D eigenvalue weighted by Crippen LogP contribution is -2.45. The molecule has 0 fully saturated rings. The Labute approximate surface area is 228 Å². The predicted octanol–water partition coefficient (Wildman–Crippen LogP) is 4.38. The molecule has 9 heteroatoms. The third-order valence-corrected chi connectivity index (χ3v) is 6.55. The minimum Gasteiger partial charge on any atom is -0.497 e. The van der Waals surface area contributed by atoms with Gasteiger partial charge in [0, 0.05) is 13.1 Å². The molecule has 0 unspecified atom stereocenters. The number of para-hydroxylation sites is 1. The molecule has 0 saturated heterocycles. The highest BCUT2D eigenvalue weighted by Gasteiger charge is 2.32. The lowest BCUT2D eigenvalue weighted by Gasteiger charge is -2.32. The van der Waals surface area contributed by atoms with Crippen LogP contribution in [0.3, 0.4) is 0 Å². The molecule has 3 aromatic carbocycles. The highest BCUT2D eigenvalue weighted by Crippen LogP contribution is 2.27. The molecule has 0 saturated carbocycles. The number of hydrogen-bond donors (Lipinski definition) is 1. The molecule has 1 N–H and O–H groups in total. The minimum atomic E-state index is -0.868. The molecule has 9 nitrogen and oxygen atoms in total. The summed E-state index contributed by atoms with van der Waals surface area (Å²) in [5.41, 5.74) is 2.99. The number of ether oxygens (including phenoxy) is 2. The van der Waals surface area contributed by atoms with Crippen LogP contribution in [0.4, 0.5) is 0 Å². The molecule has 0 aliphatic rings. The molecule has 2 amide bonds. The Morgan fingerprint density at radius 2 is 1.56 bits per heavy atom. The fourth-order valence-corrected chi connectivity index (χ4v) is 4.34. The number of aromatic nitrogens is 3. The van der Waals surface area contributed by atoms with Gasteiger partial charge < -0.3 is 19.7 Å². The summed E-state index contributed by atoms with van der Waals surface area (Å²) in [5, 5.41) is 11.4. The van der Waals surface area contributed by atoms with E-state index in [4.69, 9.17) is 9.47 Å². The van der Waals surface area contributed by atoms with E-state index in [2.05, 4.69) is 29.5 Å². The Hall–Kier alpha value is -4.40. The van der Waals surface area contributed by atoms with E-state index in [0.29, 0.717) is 35.0 Å². The smallest absolute Gasteiger partial charge is 0.247 e. The first-order valence-electron chi connectivity index (χ1n) is 13.0. The average molecular weight is 530 g/mol. The number of rotatable bonds is 12. The van der Waals surface area contributed by atoms with Crippen molar-refractivity contribution >= 4 is 22.8 Å². The van der Waals surface area contributed by atoms with Crippen molar-refractivity contribution in [1.82, 2.24) is 25.2 Å². The Kier molecular flexibility index (Phi) is 9.14. The van der Waals surface area contributed by atoms with E-state index in [-0.39, 0.29) is 24.9 Å². The highest BCUT2D eigenvalue weighted by atomic mass is 16.5. The largest absolute Gasteiger partial charge is 0.497 e. The summed E-state index contributed by atoms with van der Waals surface area (Å²) in [7, 11) is 3.20. The van der Waals surface area contributed by atoms with Gasteiger partial charge >= 0.3 is 0 Å². The zero-order valence-electron chi connectivity index (χ0n) is 22.8. The predicted molar refractivity (Wildman–Crippen MR) is 149 cm³/mol. The molecule has 1 aromatic heterocycles. The molecule has 39 heavy (non-hydrogen) atoms. The second kappa shape index (κ2) is 12.9. The van der Waals surface area contributed by atoms with E-state index in [0.717, 1.165) is 17.5 Å². The number of nitrogens with zero attached hydrogens (tertiary/aromatic N) is 4. The molecule has 0 spiro atoms. The molecule has 0 aliphatic heterocycles. The summed E-state index contributed by atoms with van der Waals surface area (Å²) in [6.07, 6.45) is 0.832. The summed E-state index contributed by atoms with van der Waals surface area (Å²) >= 11 is 0. The van der Waals surface area contributed by atoms with Crippen LogP contribution in [0.25, 0.3) is 11.0 Å². The Morgan fingerprint density at radius 1 is 0.923 bits per heavy atom. The van der Waals surface area contributed by atoms with Crippen LogP contribution in [-0.4, -0.2) is 52.5 Å². The van der Waals surface area contributed by atoms with Crippen molar-refractivity contribution in [2.75, 3.05) is 20.8 Å². The lowest BCUT2D eigenvalue weighted by molar-refractivity contribution is -0.142. The van der Waals surface area contributed by atoms with Gasteiger partial charge in [0.1, 0.15) is 29.6 Å². The van der Waals surface area contributed by atoms with Gasteiger partial charge in [-0.25, -0.2) is 4.68 Å². The number of methoxy groups -OCH3 is 2. The van der Waals surface area contributed by atoms with Crippen LogP contribution < -0.4 is 14.8 Å². The van der Waals surface area contributed by atoms with Gasteiger partial charge in [-0.15, -0.1) is 5.10 Å². The maximum absolute atomic E-state index is 14.0. The summed E-state index contributed by atoms with van der Waals surface area (Å²) in [6.45, 7) is 4.87. The number of carbonyl (C=O) groups excluding carboxylic acids is 2. The molecule has 0 aliphatic carbocycles. The van der Waals surface area contributed by atoms with Crippen molar-refractivity contribution in [3.05, 3.63) is 83.9 Å². The first-order chi connectivity index (χ1) is 18.9. The Bertz CT molecular complexity index is 1380. The van der Waals surface area contributed by atoms with Gasteiger partial charge in [0.15, 0.2) is 0 Å². The van der Waals surface area contributed by atoms with E-state index in [1.807, 2.05) is 60.7 Å². The van der Waals surface area contributed by atoms with E-state index in [1.165, 1.54) is 0 Å². The molecular weight excluding hydrogens is 494 g/mol. The maximum atomic E-state index is 14.0. The SMILES string of the molecule is COc1ccc(CN(C(=O)Cn2nnc3ccccc32)[C@@H](C(=O)NCCC(C)C)c2ccc(OC)cc2)cc1. The second-order valence-electron chi connectivity index (χ2n) is 9.75. The van der Waals surface area contributed by atoms with Crippen molar-refractivity contribution in [1.29, 1.82) is 0 Å². The molecule has 4 rings (SSSR count). The molecule has 1 heterocycles. The molecule has 4 aromatic rings. The lowest BCUT2D eigenvalue weighted by atomic mass is 10.0. The van der Waals surface area contributed by atoms with Crippen molar-refractivity contribution in [3.63, 3.8) is 0 Å². The summed E-state index contributed by atoms with van der Waals surface area (Å²) in [4.78, 5) is 29.4. The van der Waals surface area contributed by atoms with Crippen LogP contribution in [0.5, 0.6) is 11.5 Å². The van der Waals surface area contributed by atoms with Crippen molar-refractivity contribution < 1.29 is 19.1 Å². The Balaban J connectivity index is 1.72. The normalized spacial score (nSPS) is 11.8. The number of benzene rings is 3. The van der Waals surface area contributed by atoms with Crippen LogP contribution in [0.1, 0.15) is 37.4 Å². The third-order valence-electron chi connectivity index (χ3n) is 6.55. The third kappa shape index (κ3) is 6.93. The van der Waals surface area contributed by atoms with E-state index in [9.17, 15) is 9.59 Å². The summed E-state index contributed by atoms with van der Waals surface area (Å²) < 4.78 is 12.2. The van der Waals surface area contributed by atoms with Gasteiger partial charge in [0.05, 0.1) is 19.7 Å². The summed E-state index contributed by atoms with van der Waals surface area (Å²) in [5.74, 6) is 1.30. The molecule has 0 bridgehead atoms. The van der Waals surface area contributed by atoms with E-state index < -0.39 is 6.04 Å². The second-order valence-corrected chi connectivity index (χ2v) is 9.75. The van der Waals surface area contributed by atoms with Crippen LogP contribution in [0.2, 0.25) is 0 Å². The first-order valence-corrected chi connectivity index (χ1v) is 13.0. The van der Waals surface area contributed by atoms with E-state index >= 15 is 0 Å². The van der Waals surface area contributed by atoms with Crippen molar-refractivity contribution in [2.45, 2.75) is 39.4 Å².